The number of carbonyl (C=O) groups is 1. The summed E-state index contributed by atoms with van der Waals surface area (Å²) in [6.45, 7) is 3.80. The van der Waals surface area contributed by atoms with Gasteiger partial charge in [-0.1, -0.05) is 12.1 Å². The summed E-state index contributed by atoms with van der Waals surface area (Å²) in [5, 5.41) is 18.4. The molecule has 4 rings (SSSR count). The second-order valence-corrected chi connectivity index (χ2v) is 12.4. The van der Waals surface area contributed by atoms with Gasteiger partial charge < -0.3 is 10.0 Å². The summed E-state index contributed by atoms with van der Waals surface area (Å²) in [6.07, 6.45) is -1.48. The van der Waals surface area contributed by atoms with Crippen LogP contribution in [0.3, 0.4) is 0 Å². The van der Waals surface area contributed by atoms with Gasteiger partial charge in [0.1, 0.15) is 11.3 Å². The van der Waals surface area contributed by atoms with Crippen molar-refractivity contribution in [3.8, 4) is 17.1 Å². The second kappa shape index (κ2) is 10.3. The summed E-state index contributed by atoms with van der Waals surface area (Å²) in [4.78, 5) is 27.4. The number of hydrogen-bond donors (Lipinski definition) is 3. The molecule has 0 saturated carbocycles. The third kappa shape index (κ3) is 6.27. The van der Waals surface area contributed by atoms with Gasteiger partial charge in [0.05, 0.1) is 10.6 Å². The lowest BCUT2D eigenvalue weighted by Crippen LogP contribution is -2.48. The van der Waals surface area contributed by atoms with Crippen LogP contribution in [0.1, 0.15) is 44.4 Å². The Hall–Kier alpha value is -3.39. The van der Waals surface area contributed by atoms with Gasteiger partial charge >= 0.3 is 6.18 Å². The highest BCUT2D eigenvalue weighted by atomic mass is 32.2. The monoisotopic (exact) mass is 569 g/mol. The van der Waals surface area contributed by atoms with Gasteiger partial charge in [0.2, 0.25) is 0 Å². The van der Waals surface area contributed by atoms with Gasteiger partial charge in [0.15, 0.2) is 15.7 Å². The SMILES string of the molecule is CC(C)(O)C(=O)N1CCC(CCc2c(-c3cccc(S(C)(=O)=O)c3)[nH]n(-c3cc(C(F)(F)F)[nH]n3)c2=O)CC1. The number of nitrogens with zero attached hydrogens (tertiary/aromatic N) is 3. The number of benzene rings is 1. The fraction of sp³-hybridized carbons (Fsp3) is 0.480. The Morgan fingerprint density at radius 1 is 1.18 bits per heavy atom. The zero-order chi connectivity index (χ0) is 28.8. The van der Waals surface area contributed by atoms with Crippen LogP contribution in [-0.2, 0) is 27.2 Å². The molecule has 0 spiro atoms. The average Bonchev–Trinajstić information content (AvgIpc) is 3.47. The first-order valence-corrected chi connectivity index (χ1v) is 14.2. The van der Waals surface area contributed by atoms with Crippen molar-refractivity contribution in [3.63, 3.8) is 0 Å². The van der Waals surface area contributed by atoms with Crippen molar-refractivity contribution >= 4 is 15.7 Å². The molecule has 2 aromatic heterocycles. The first-order chi connectivity index (χ1) is 18.1. The molecule has 1 saturated heterocycles. The van der Waals surface area contributed by atoms with Gasteiger partial charge in [-0.15, -0.1) is 0 Å². The third-order valence-electron chi connectivity index (χ3n) is 6.86. The van der Waals surface area contributed by atoms with Crippen LogP contribution in [0.2, 0.25) is 0 Å². The second-order valence-electron chi connectivity index (χ2n) is 10.4. The molecule has 1 amide bonds. The fourth-order valence-corrected chi connectivity index (χ4v) is 5.38. The molecule has 0 aliphatic carbocycles. The Labute approximate surface area is 222 Å². The summed E-state index contributed by atoms with van der Waals surface area (Å²) in [7, 11) is -3.56. The standard InChI is InChI=1S/C25H30F3N5O5S/c1-24(2,36)23(35)32-11-9-15(10-12-32)7-8-18-21(16-5-4-6-17(13-16)39(3,37)38)31-33(22(18)34)20-14-19(29-30-20)25(26,27)28/h4-6,13-15,31,36H,7-12H2,1-3H3,(H,29,30). The molecule has 0 unspecified atom stereocenters. The average molecular weight is 570 g/mol. The van der Waals surface area contributed by atoms with Crippen molar-refractivity contribution in [1.29, 1.82) is 0 Å². The summed E-state index contributed by atoms with van der Waals surface area (Å²) in [6, 6.07) is 6.67. The van der Waals surface area contributed by atoms with Crippen molar-refractivity contribution in [2.45, 2.75) is 56.2 Å². The highest BCUT2D eigenvalue weighted by Gasteiger charge is 2.34. The van der Waals surface area contributed by atoms with Crippen LogP contribution in [0, 0.1) is 5.92 Å². The van der Waals surface area contributed by atoms with Crippen molar-refractivity contribution in [3.05, 3.63) is 51.9 Å². The lowest BCUT2D eigenvalue weighted by molar-refractivity contribution is -0.149. The van der Waals surface area contributed by atoms with Crippen LogP contribution in [0.25, 0.3) is 17.1 Å². The number of amides is 1. The molecular weight excluding hydrogens is 539 g/mol. The van der Waals surface area contributed by atoms with E-state index < -0.39 is 32.9 Å². The maximum atomic E-state index is 13.4. The molecule has 1 aliphatic rings. The molecule has 10 nitrogen and oxygen atoms in total. The first kappa shape index (κ1) is 28.6. The summed E-state index contributed by atoms with van der Waals surface area (Å²) < 4.78 is 64.5. The largest absolute Gasteiger partial charge is 0.432 e. The zero-order valence-corrected chi connectivity index (χ0v) is 22.5. The number of nitrogens with one attached hydrogen (secondary N) is 2. The molecule has 39 heavy (non-hydrogen) atoms. The number of alkyl halides is 3. The van der Waals surface area contributed by atoms with E-state index in [1.165, 1.54) is 32.0 Å². The number of H-pyrrole nitrogens is 2. The quantitative estimate of drug-likeness (QED) is 0.400. The Balaban J connectivity index is 1.64. The van der Waals surface area contributed by atoms with E-state index in [4.69, 9.17) is 0 Å². The summed E-state index contributed by atoms with van der Waals surface area (Å²) in [5.74, 6) is -0.465. The van der Waals surface area contributed by atoms with E-state index in [2.05, 4.69) is 10.2 Å². The van der Waals surface area contributed by atoms with Gasteiger partial charge in [0, 0.05) is 36.5 Å². The molecule has 3 heterocycles. The lowest BCUT2D eigenvalue weighted by atomic mass is 9.89. The minimum absolute atomic E-state index is 0.0301. The van der Waals surface area contributed by atoms with Crippen LogP contribution in [0.4, 0.5) is 13.2 Å². The molecule has 3 aromatic rings. The van der Waals surface area contributed by atoms with Gasteiger partial charge in [-0.2, -0.15) is 23.0 Å². The first-order valence-electron chi connectivity index (χ1n) is 12.3. The number of sulfone groups is 1. The van der Waals surface area contributed by atoms with Gasteiger partial charge in [-0.25, -0.2) is 8.42 Å². The predicted molar refractivity (Wildman–Crippen MR) is 136 cm³/mol. The molecule has 1 aromatic carbocycles. The Kier molecular flexibility index (Phi) is 7.56. The number of rotatable bonds is 7. The van der Waals surface area contributed by atoms with Crippen LogP contribution in [0.5, 0.6) is 0 Å². The number of hydrogen-bond acceptors (Lipinski definition) is 6. The maximum absolute atomic E-state index is 13.4. The Morgan fingerprint density at radius 3 is 2.41 bits per heavy atom. The van der Waals surface area contributed by atoms with E-state index in [1.54, 1.807) is 11.0 Å². The number of carbonyl (C=O) groups excluding carboxylic acids is 1. The molecule has 14 heteroatoms. The highest BCUT2D eigenvalue weighted by molar-refractivity contribution is 7.90. The van der Waals surface area contributed by atoms with Crippen molar-refractivity contribution in [2.24, 2.45) is 5.92 Å². The zero-order valence-electron chi connectivity index (χ0n) is 21.7. The molecule has 0 atom stereocenters. The molecule has 1 fully saturated rings. The minimum atomic E-state index is -4.68. The normalized spacial score (nSPS) is 15.6. The van der Waals surface area contributed by atoms with E-state index in [-0.39, 0.29) is 40.2 Å². The molecule has 212 valence electrons. The number of likely N-dealkylation sites (tertiary alicyclic amines) is 1. The number of aromatic amines is 2. The van der Waals surface area contributed by atoms with Crippen molar-refractivity contribution in [1.82, 2.24) is 24.9 Å². The van der Waals surface area contributed by atoms with Gasteiger partial charge in [0.25, 0.3) is 11.5 Å². The molecule has 0 bridgehead atoms. The fourth-order valence-electron chi connectivity index (χ4n) is 4.72. The third-order valence-corrected chi connectivity index (χ3v) is 7.97. The molecule has 3 N–H and O–H groups in total. The number of aromatic nitrogens is 4. The maximum Gasteiger partial charge on any atom is 0.432 e. The highest BCUT2D eigenvalue weighted by Crippen LogP contribution is 2.30. The molecule has 0 radical (unpaired) electrons. The van der Waals surface area contributed by atoms with E-state index in [0.29, 0.717) is 44.0 Å². The minimum Gasteiger partial charge on any atom is -0.381 e. The predicted octanol–water partition coefficient (Wildman–Crippen LogP) is 2.92. The van der Waals surface area contributed by atoms with Crippen molar-refractivity contribution in [2.75, 3.05) is 19.3 Å². The topological polar surface area (TPSA) is 141 Å². The Morgan fingerprint density at radius 2 is 1.85 bits per heavy atom. The van der Waals surface area contributed by atoms with Gasteiger partial charge in [-0.3, -0.25) is 19.8 Å². The van der Waals surface area contributed by atoms with E-state index >= 15 is 0 Å². The van der Waals surface area contributed by atoms with Crippen LogP contribution >= 0.6 is 0 Å². The van der Waals surface area contributed by atoms with Gasteiger partial charge in [-0.05, 0) is 57.6 Å². The van der Waals surface area contributed by atoms with E-state index in [0.717, 1.165) is 10.9 Å². The van der Waals surface area contributed by atoms with Crippen LogP contribution in [0.15, 0.2) is 40.0 Å². The van der Waals surface area contributed by atoms with E-state index in [1.807, 2.05) is 5.10 Å². The summed E-state index contributed by atoms with van der Waals surface area (Å²) in [5.41, 5.74) is -2.21. The molecule has 1 aliphatic heterocycles. The number of aliphatic hydroxyl groups is 1. The smallest absolute Gasteiger partial charge is 0.381 e. The summed E-state index contributed by atoms with van der Waals surface area (Å²) >= 11 is 0. The van der Waals surface area contributed by atoms with Crippen molar-refractivity contribution < 1.29 is 31.5 Å². The lowest BCUT2D eigenvalue weighted by Gasteiger charge is -2.35. The molecular formula is C25H30F3N5O5S. The van der Waals surface area contributed by atoms with E-state index in [9.17, 15) is 36.3 Å². The van der Waals surface area contributed by atoms with Crippen LogP contribution < -0.4 is 5.56 Å². The number of piperidine rings is 1. The Bertz CT molecular complexity index is 1520. The number of halogens is 3. The van der Waals surface area contributed by atoms with Crippen LogP contribution in [-0.4, -0.2) is 69.3 Å².